The third-order valence-electron chi connectivity index (χ3n) is 1.39. The molecule has 1 rings (SSSR count). The lowest BCUT2D eigenvalue weighted by atomic mass is 10.2. The van der Waals surface area contributed by atoms with Crippen molar-refractivity contribution in [1.29, 1.82) is 0 Å². The Morgan fingerprint density at radius 3 is 3.08 bits per heavy atom. The Bertz CT molecular complexity index is 246. The van der Waals surface area contributed by atoms with E-state index in [-0.39, 0.29) is 5.97 Å². The van der Waals surface area contributed by atoms with Crippen LogP contribution in [0.15, 0.2) is 17.5 Å². The van der Waals surface area contributed by atoms with Crippen LogP contribution in [0.1, 0.15) is 17.8 Å². The molecule has 0 aliphatic heterocycles. The number of rotatable bonds is 3. The van der Waals surface area contributed by atoms with Crippen LogP contribution in [0.4, 0.5) is 0 Å². The van der Waals surface area contributed by atoms with Crippen molar-refractivity contribution in [1.82, 2.24) is 0 Å². The van der Waals surface area contributed by atoms with Crippen molar-refractivity contribution in [3.05, 3.63) is 22.4 Å². The van der Waals surface area contributed by atoms with Crippen molar-refractivity contribution in [2.24, 2.45) is 5.73 Å². The molecule has 2 N–H and O–H groups in total. The number of esters is 1. The molecule has 1 unspecified atom stereocenters. The van der Waals surface area contributed by atoms with E-state index in [1.807, 2.05) is 17.5 Å². The van der Waals surface area contributed by atoms with Gasteiger partial charge in [0.2, 0.25) is 0 Å². The first kappa shape index (κ1) is 9.22. The van der Waals surface area contributed by atoms with Crippen LogP contribution in [-0.2, 0) is 9.53 Å². The SMILES string of the molecule is CCOC(=O)C(N)c1cccs1. The standard InChI is InChI=1S/C8H11NO2S/c1-2-11-8(10)7(9)6-4-3-5-12-6/h3-5,7H,2,9H2,1H3. The van der Waals surface area contributed by atoms with Gasteiger partial charge in [-0.1, -0.05) is 6.07 Å². The summed E-state index contributed by atoms with van der Waals surface area (Å²) in [5.41, 5.74) is 5.60. The van der Waals surface area contributed by atoms with Gasteiger partial charge in [0.1, 0.15) is 6.04 Å². The second-order valence-corrected chi connectivity index (χ2v) is 3.22. The lowest BCUT2D eigenvalue weighted by Crippen LogP contribution is -2.22. The molecule has 0 radical (unpaired) electrons. The van der Waals surface area contributed by atoms with Gasteiger partial charge in [-0.25, -0.2) is 4.79 Å². The van der Waals surface area contributed by atoms with Gasteiger partial charge < -0.3 is 10.5 Å². The van der Waals surface area contributed by atoms with Gasteiger partial charge in [-0.3, -0.25) is 0 Å². The number of thiophene rings is 1. The zero-order valence-corrected chi connectivity index (χ0v) is 7.64. The highest BCUT2D eigenvalue weighted by atomic mass is 32.1. The molecule has 1 aromatic heterocycles. The van der Waals surface area contributed by atoms with Crippen LogP contribution in [0.2, 0.25) is 0 Å². The van der Waals surface area contributed by atoms with E-state index in [0.29, 0.717) is 6.61 Å². The molecule has 0 aromatic carbocycles. The molecule has 0 saturated carbocycles. The lowest BCUT2D eigenvalue weighted by Gasteiger charge is -2.07. The number of hydrogen-bond donors (Lipinski definition) is 1. The minimum absolute atomic E-state index is 0.361. The maximum absolute atomic E-state index is 11.1. The summed E-state index contributed by atoms with van der Waals surface area (Å²) in [7, 11) is 0. The van der Waals surface area contributed by atoms with Gasteiger partial charge in [-0.2, -0.15) is 0 Å². The van der Waals surface area contributed by atoms with E-state index in [0.717, 1.165) is 4.88 Å². The molecule has 66 valence electrons. The fourth-order valence-electron chi connectivity index (χ4n) is 0.816. The first-order valence-corrected chi connectivity index (χ1v) is 4.59. The molecule has 0 fully saturated rings. The van der Waals surface area contributed by atoms with E-state index in [1.165, 1.54) is 11.3 Å². The minimum Gasteiger partial charge on any atom is -0.465 e. The smallest absolute Gasteiger partial charge is 0.328 e. The van der Waals surface area contributed by atoms with Crippen molar-refractivity contribution >= 4 is 17.3 Å². The highest BCUT2D eigenvalue weighted by Gasteiger charge is 2.16. The Balaban J connectivity index is 2.59. The van der Waals surface area contributed by atoms with Gasteiger partial charge in [-0.15, -0.1) is 11.3 Å². The number of carbonyl (C=O) groups is 1. The summed E-state index contributed by atoms with van der Waals surface area (Å²) in [5, 5.41) is 1.88. The zero-order chi connectivity index (χ0) is 8.97. The molecular weight excluding hydrogens is 174 g/mol. The Hall–Kier alpha value is -0.870. The molecule has 3 nitrogen and oxygen atoms in total. The summed E-state index contributed by atoms with van der Waals surface area (Å²) in [6.07, 6.45) is 0. The predicted octanol–water partition coefficient (Wildman–Crippen LogP) is 1.31. The number of ether oxygens (including phenoxy) is 1. The number of hydrogen-bond acceptors (Lipinski definition) is 4. The third kappa shape index (κ3) is 2.06. The normalized spacial score (nSPS) is 12.5. The highest BCUT2D eigenvalue weighted by Crippen LogP contribution is 2.17. The molecule has 4 heteroatoms. The molecule has 0 amide bonds. The van der Waals surface area contributed by atoms with Crippen molar-refractivity contribution in [3.8, 4) is 0 Å². The van der Waals surface area contributed by atoms with Crippen molar-refractivity contribution < 1.29 is 9.53 Å². The van der Waals surface area contributed by atoms with Crippen LogP contribution in [0.3, 0.4) is 0 Å². The monoisotopic (exact) mass is 185 g/mol. The maximum Gasteiger partial charge on any atom is 0.328 e. The van der Waals surface area contributed by atoms with Crippen LogP contribution in [-0.4, -0.2) is 12.6 Å². The van der Waals surface area contributed by atoms with Crippen LogP contribution in [0, 0.1) is 0 Å². The van der Waals surface area contributed by atoms with Crippen molar-refractivity contribution in [2.75, 3.05) is 6.61 Å². The molecule has 1 atom stereocenters. The molecular formula is C8H11NO2S. The van der Waals surface area contributed by atoms with E-state index < -0.39 is 6.04 Å². The van der Waals surface area contributed by atoms with Crippen LogP contribution >= 0.6 is 11.3 Å². The van der Waals surface area contributed by atoms with E-state index in [2.05, 4.69) is 0 Å². The zero-order valence-electron chi connectivity index (χ0n) is 6.82. The summed E-state index contributed by atoms with van der Waals surface area (Å²) in [5.74, 6) is -0.361. The minimum atomic E-state index is -0.620. The van der Waals surface area contributed by atoms with Gasteiger partial charge in [0.05, 0.1) is 6.61 Å². The maximum atomic E-state index is 11.1. The van der Waals surface area contributed by atoms with Crippen molar-refractivity contribution in [2.45, 2.75) is 13.0 Å². The highest BCUT2D eigenvalue weighted by molar-refractivity contribution is 7.10. The lowest BCUT2D eigenvalue weighted by molar-refractivity contribution is -0.144. The Morgan fingerprint density at radius 1 is 1.83 bits per heavy atom. The Kier molecular flexibility index (Phi) is 3.25. The van der Waals surface area contributed by atoms with Gasteiger partial charge in [0, 0.05) is 4.88 Å². The predicted molar refractivity (Wildman–Crippen MR) is 47.9 cm³/mol. The van der Waals surface area contributed by atoms with Gasteiger partial charge >= 0.3 is 5.97 Å². The second-order valence-electron chi connectivity index (χ2n) is 2.25. The van der Waals surface area contributed by atoms with E-state index >= 15 is 0 Å². The van der Waals surface area contributed by atoms with Gasteiger partial charge in [0.15, 0.2) is 0 Å². The molecule has 0 bridgehead atoms. The van der Waals surface area contributed by atoms with E-state index in [1.54, 1.807) is 6.92 Å². The summed E-state index contributed by atoms with van der Waals surface area (Å²) in [6, 6.07) is 3.07. The molecule has 0 aliphatic rings. The molecule has 0 spiro atoms. The summed E-state index contributed by atoms with van der Waals surface area (Å²) in [4.78, 5) is 11.9. The average Bonchev–Trinajstić information content (AvgIpc) is 2.55. The summed E-state index contributed by atoms with van der Waals surface area (Å²) < 4.78 is 4.77. The molecule has 0 saturated heterocycles. The van der Waals surface area contributed by atoms with Crippen LogP contribution < -0.4 is 5.73 Å². The van der Waals surface area contributed by atoms with Crippen LogP contribution in [0.25, 0.3) is 0 Å². The van der Waals surface area contributed by atoms with Crippen LogP contribution in [0.5, 0.6) is 0 Å². The topological polar surface area (TPSA) is 52.3 Å². The van der Waals surface area contributed by atoms with Crippen molar-refractivity contribution in [3.63, 3.8) is 0 Å². The number of nitrogens with two attached hydrogens (primary N) is 1. The van der Waals surface area contributed by atoms with Gasteiger partial charge in [0.25, 0.3) is 0 Å². The first-order chi connectivity index (χ1) is 5.75. The molecule has 1 heterocycles. The third-order valence-corrected chi connectivity index (χ3v) is 2.35. The first-order valence-electron chi connectivity index (χ1n) is 3.71. The molecule has 12 heavy (non-hydrogen) atoms. The Morgan fingerprint density at radius 2 is 2.58 bits per heavy atom. The molecule has 1 aromatic rings. The molecule has 0 aliphatic carbocycles. The fraction of sp³-hybridized carbons (Fsp3) is 0.375. The summed E-state index contributed by atoms with van der Waals surface area (Å²) >= 11 is 1.46. The summed E-state index contributed by atoms with van der Waals surface area (Å²) in [6.45, 7) is 2.14. The largest absolute Gasteiger partial charge is 0.465 e. The Labute approximate surface area is 75.1 Å². The fourth-order valence-corrected chi connectivity index (χ4v) is 1.53. The van der Waals surface area contributed by atoms with E-state index in [9.17, 15) is 4.79 Å². The van der Waals surface area contributed by atoms with Gasteiger partial charge in [-0.05, 0) is 18.4 Å². The van der Waals surface area contributed by atoms with E-state index in [4.69, 9.17) is 10.5 Å². The average molecular weight is 185 g/mol. The number of carbonyl (C=O) groups excluding carboxylic acids is 1. The quantitative estimate of drug-likeness (QED) is 0.722. The second kappa shape index (κ2) is 4.23.